The third kappa shape index (κ3) is 7.27. The summed E-state index contributed by atoms with van der Waals surface area (Å²) in [5, 5.41) is 17.5. The SMILES string of the molecule is CCCCCCC(F)CC(CO)CO. The van der Waals surface area contributed by atoms with Crippen molar-refractivity contribution in [2.24, 2.45) is 5.92 Å². The van der Waals surface area contributed by atoms with Gasteiger partial charge in [-0.3, -0.25) is 0 Å². The van der Waals surface area contributed by atoms with E-state index in [1.165, 1.54) is 0 Å². The van der Waals surface area contributed by atoms with Crippen molar-refractivity contribution in [2.45, 2.75) is 51.6 Å². The van der Waals surface area contributed by atoms with Gasteiger partial charge in [0.05, 0.1) is 0 Å². The monoisotopic (exact) mass is 206 g/mol. The molecule has 2 nitrogen and oxygen atoms in total. The van der Waals surface area contributed by atoms with Crippen molar-refractivity contribution >= 4 is 0 Å². The van der Waals surface area contributed by atoms with E-state index in [1.54, 1.807) is 0 Å². The first kappa shape index (κ1) is 13.8. The molecule has 0 saturated carbocycles. The number of aliphatic hydroxyl groups is 2. The summed E-state index contributed by atoms with van der Waals surface area (Å²) in [6.07, 6.45) is 4.31. The molecule has 0 aromatic rings. The van der Waals surface area contributed by atoms with E-state index in [-0.39, 0.29) is 19.1 Å². The molecule has 0 aromatic carbocycles. The minimum absolute atomic E-state index is 0.119. The Labute approximate surface area is 86.1 Å². The van der Waals surface area contributed by atoms with Gasteiger partial charge in [-0.2, -0.15) is 0 Å². The van der Waals surface area contributed by atoms with Crippen molar-refractivity contribution in [3.05, 3.63) is 0 Å². The minimum atomic E-state index is -0.865. The summed E-state index contributed by atoms with van der Waals surface area (Å²) >= 11 is 0. The summed E-state index contributed by atoms with van der Waals surface area (Å²) in [5.41, 5.74) is 0. The molecular formula is C11H23FO2. The van der Waals surface area contributed by atoms with Crippen LogP contribution in [-0.2, 0) is 0 Å². The maximum absolute atomic E-state index is 13.2. The summed E-state index contributed by atoms with van der Waals surface area (Å²) in [6.45, 7) is 1.89. The van der Waals surface area contributed by atoms with Crippen LogP contribution < -0.4 is 0 Å². The molecule has 0 amide bonds. The van der Waals surface area contributed by atoms with E-state index >= 15 is 0 Å². The topological polar surface area (TPSA) is 40.5 Å². The van der Waals surface area contributed by atoms with Crippen molar-refractivity contribution in [1.82, 2.24) is 0 Å². The van der Waals surface area contributed by atoms with Gasteiger partial charge in [-0.15, -0.1) is 0 Å². The van der Waals surface area contributed by atoms with Crippen LogP contribution in [0.2, 0.25) is 0 Å². The van der Waals surface area contributed by atoms with Crippen LogP contribution in [0.4, 0.5) is 4.39 Å². The van der Waals surface area contributed by atoms with Crippen molar-refractivity contribution in [3.8, 4) is 0 Å². The van der Waals surface area contributed by atoms with Crippen molar-refractivity contribution in [2.75, 3.05) is 13.2 Å². The fourth-order valence-corrected chi connectivity index (χ4v) is 1.48. The first-order chi connectivity index (χ1) is 6.74. The molecule has 1 unspecified atom stereocenters. The van der Waals surface area contributed by atoms with E-state index in [0.717, 1.165) is 25.7 Å². The average Bonchev–Trinajstić information content (AvgIpc) is 2.21. The zero-order chi connectivity index (χ0) is 10.8. The predicted molar refractivity (Wildman–Crippen MR) is 55.9 cm³/mol. The molecular weight excluding hydrogens is 183 g/mol. The van der Waals surface area contributed by atoms with Gasteiger partial charge in [-0.1, -0.05) is 32.6 Å². The second-order valence-corrected chi connectivity index (χ2v) is 3.91. The van der Waals surface area contributed by atoms with Crippen LogP contribution in [0.5, 0.6) is 0 Å². The van der Waals surface area contributed by atoms with Gasteiger partial charge in [0.2, 0.25) is 0 Å². The van der Waals surface area contributed by atoms with E-state index < -0.39 is 6.17 Å². The molecule has 0 bridgehead atoms. The van der Waals surface area contributed by atoms with Gasteiger partial charge in [0.1, 0.15) is 6.17 Å². The molecule has 0 spiro atoms. The van der Waals surface area contributed by atoms with E-state index in [9.17, 15) is 4.39 Å². The van der Waals surface area contributed by atoms with Crippen LogP contribution in [0, 0.1) is 5.92 Å². The largest absolute Gasteiger partial charge is 0.396 e. The van der Waals surface area contributed by atoms with Crippen LogP contribution in [0.3, 0.4) is 0 Å². The number of aliphatic hydroxyl groups excluding tert-OH is 2. The Morgan fingerprint density at radius 2 is 1.71 bits per heavy atom. The van der Waals surface area contributed by atoms with Crippen molar-refractivity contribution < 1.29 is 14.6 Å². The number of hydrogen-bond acceptors (Lipinski definition) is 2. The van der Waals surface area contributed by atoms with Gasteiger partial charge >= 0.3 is 0 Å². The summed E-state index contributed by atoms with van der Waals surface area (Å²) < 4.78 is 13.2. The highest BCUT2D eigenvalue weighted by Crippen LogP contribution is 2.15. The zero-order valence-corrected chi connectivity index (χ0v) is 9.08. The lowest BCUT2D eigenvalue weighted by molar-refractivity contribution is 0.116. The summed E-state index contributed by atoms with van der Waals surface area (Å²) in [5.74, 6) is -0.281. The first-order valence-electron chi connectivity index (χ1n) is 5.60. The Kier molecular flexibility index (Phi) is 9.31. The molecule has 0 aliphatic heterocycles. The van der Waals surface area contributed by atoms with Gasteiger partial charge in [-0.05, 0) is 12.8 Å². The highest BCUT2D eigenvalue weighted by molar-refractivity contribution is 4.64. The highest BCUT2D eigenvalue weighted by Gasteiger charge is 2.13. The molecule has 0 fully saturated rings. The maximum Gasteiger partial charge on any atom is 0.101 e. The molecule has 2 N–H and O–H groups in total. The Balaban J connectivity index is 3.38. The Bertz CT molecular complexity index is 116. The van der Waals surface area contributed by atoms with Crippen LogP contribution in [0.1, 0.15) is 45.4 Å². The van der Waals surface area contributed by atoms with Crippen molar-refractivity contribution in [3.63, 3.8) is 0 Å². The zero-order valence-electron chi connectivity index (χ0n) is 9.08. The molecule has 0 aromatic heterocycles. The van der Waals surface area contributed by atoms with E-state index in [1.807, 2.05) is 0 Å². The predicted octanol–water partition coefficient (Wildman–Crippen LogP) is 2.29. The minimum Gasteiger partial charge on any atom is -0.396 e. The van der Waals surface area contributed by atoms with Gasteiger partial charge in [0.25, 0.3) is 0 Å². The number of rotatable bonds is 9. The quantitative estimate of drug-likeness (QED) is 0.568. The molecule has 1 atom stereocenters. The van der Waals surface area contributed by atoms with Gasteiger partial charge < -0.3 is 10.2 Å². The van der Waals surface area contributed by atoms with E-state index in [0.29, 0.717) is 12.8 Å². The van der Waals surface area contributed by atoms with Crippen LogP contribution >= 0.6 is 0 Å². The molecule has 86 valence electrons. The number of alkyl halides is 1. The fraction of sp³-hybridized carbons (Fsp3) is 1.00. The number of hydrogen-bond donors (Lipinski definition) is 2. The van der Waals surface area contributed by atoms with Gasteiger partial charge in [0, 0.05) is 19.1 Å². The number of unbranched alkanes of at least 4 members (excludes halogenated alkanes) is 3. The Hall–Kier alpha value is -0.150. The Morgan fingerprint density at radius 3 is 2.21 bits per heavy atom. The van der Waals surface area contributed by atoms with Crippen LogP contribution in [0.15, 0.2) is 0 Å². The standard InChI is InChI=1S/C11H23FO2/c1-2-3-4-5-6-11(12)7-10(8-13)9-14/h10-11,13-14H,2-9H2,1H3. The van der Waals surface area contributed by atoms with Crippen LogP contribution in [0.25, 0.3) is 0 Å². The third-order valence-electron chi connectivity index (χ3n) is 2.48. The summed E-state index contributed by atoms with van der Waals surface area (Å²) in [7, 11) is 0. The third-order valence-corrected chi connectivity index (χ3v) is 2.48. The molecule has 0 radical (unpaired) electrons. The lowest BCUT2D eigenvalue weighted by Crippen LogP contribution is -2.16. The van der Waals surface area contributed by atoms with Gasteiger partial charge in [-0.25, -0.2) is 4.39 Å². The molecule has 0 saturated heterocycles. The maximum atomic E-state index is 13.2. The lowest BCUT2D eigenvalue weighted by Gasteiger charge is -2.14. The molecule has 0 aliphatic rings. The molecule has 0 heterocycles. The van der Waals surface area contributed by atoms with E-state index in [2.05, 4.69) is 6.92 Å². The fourth-order valence-electron chi connectivity index (χ4n) is 1.48. The van der Waals surface area contributed by atoms with Crippen LogP contribution in [-0.4, -0.2) is 29.6 Å². The smallest absolute Gasteiger partial charge is 0.101 e. The first-order valence-corrected chi connectivity index (χ1v) is 5.60. The second-order valence-electron chi connectivity index (χ2n) is 3.91. The van der Waals surface area contributed by atoms with E-state index in [4.69, 9.17) is 10.2 Å². The summed E-state index contributed by atoms with van der Waals surface area (Å²) in [4.78, 5) is 0. The molecule has 14 heavy (non-hydrogen) atoms. The molecule has 3 heteroatoms. The average molecular weight is 206 g/mol. The molecule has 0 aliphatic carbocycles. The van der Waals surface area contributed by atoms with Crippen molar-refractivity contribution in [1.29, 1.82) is 0 Å². The molecule has 0 rings (SSSR count). The number of halogens is 1. The van der Waals surface area contributed by atoms with Gasteiger partial charge in [0.15, 0.2) is 0 Å². The normalized spacial score (nSPS) is 13.5. The summed E-state index contributed by atoms with van der Waals surface area (Å²) in [6, 6.07) is 0. The Morgan fingerprint density at radius 1 is 1.07 bits per heavy atom. The second kappa shape index (κ2) is 9.41. The highest BCUT2D eigenvalue weighted by atomic mass is 19.1. The lowest BCUT2D eigenvalue weighted by atomic mass is 10.00.